The van der Waals surface area contributed by atoms with Gasteiger partial charge >= 0.3 is 0 Å². The van der Waals surface area contributed by atoms with Gasteiger partial charge in [-0.3, -0.25) is 9.10 Å². The number of anilines is 1. The first-order valence-corrected chi connectivity index (χ1v) is 11.7. The molecule has 0 bridgehead atoms. The second-order valence-corrected chi connectivity index (χ2v) is 9.18. The van der Waals surface area contributed by atoms with Crippen LogP contribution < -0.4 is 9.04 Å². The van der Waals surface area contributed by atoms with Gasteiger partial charge in [-0.25, -0.2) is 8.42 Å². The number of nitrogens with zero attached hydrogens (tertiary/aromatic N) is 2. The molecular formula is C24H26N2O4S. The minimum absolute atomic E-state index is 0.293. The minimum Gasteiger partial charge on any atom is -0.457 e. The van der Waals surface area contributed by atoms with Crippen LogP contribution in [0.25, 0.3) is 0 Å². The SMILES string of the molecule is C[C@@H](C(=O)N(C)Cc1ccccc1)N(c1ccc(Oc2ccccc2)cc1)S(C)(=O)=O. The normalized spacial score (nSPS) is 12.1. The summed E-state index contributed by atoms with van der Waals surface area (Å²) in [5.74, 6) is 0.962. The van der Waals surface area contributed by atoms with Crippen molar-refractivity contribution in [2.45, 2.75) is 19.5 Å². The summed E-state index contributed by atoms with van der Waals surface area (Å²) in [5.41, 5.74) is 1.37. The monoisotopic (exact) mass is 438 g/mol. The molecular weight excluding hydrogens is 412 g/mol. The van der Waals surface area contributed by atoms with Crippen molar-refractivity contribution in [2.75, 3.05) is 17.6 Å². The predicted octanol–water partition coefficient (Wildman–Crippen LogP) is 4.29. The standard InChI is InChI=1S/C24H26N2O4S/c1-19(24(27)25(2)18-20-10-6-4-7-11-20)26(31(3,28)29)21-14-16-23(17-15-21)30-22-12-8-5-9-13-22/h4-17,19H,18H2,1-3H3/t19-/m0/s1. The highest BCUT2D eigenvalue weighted by molar-refractivity contribution is 7.92. The molecule has 0 N–H and O–H groups in total. The highest BCUT2D eigenvalue weighted by Gasteiger charge is 2.31. The number of hydrogen-bond donors (Lipinski definition) is 0. The van der Waals surface area contributed by atoms with Crippen molar-refractivity contribution in [1.82, 2.24) is 4.90 Å². The molecule has 0 unspecified atom stereocenters. The molecule has 3 rings (SSSR count). The Hall–Kier alpha value is -3.32. The number of rotatable bonds is 8. The van der Waals surface area contributed by atoms with Gasteiger partial charge in [0.2, 0.25) is 15.9 Å². The summed E-state index contributed by atoms with van der Waals surface area (Å²) in [5, 5.41) is 0. The first-order valence-electron chi connectivity index (χ1n) is 9.87. The number of carbonyl (C=O) groups excluding carboxylic acids is 1. The fraction of sp³-hybridized carbons (Fsp3) is 0.208. The van der Waals surface area contributed by atoms with Crippen LogP contribution in [0.3, 0.4) is 0 Å². The van der Waals surface area contributed by atoms with Crippen molar-refractivity contribution < 1.29 is 17.9 Å². The number of amides is 1. The highest BCUT2D eigenvalue weighted by atomic mass is 32.2. The molecule has 3 aromatic carbocycles. The first kappa shape index (κ1) is 22.4. The second-order valence-electron chi connectivity index (χ2n) is 7.32. The van der Waals surface area contributed by atoms with Crippen LogP contribution in [0.2, 0.25) is 0 Å². The zero-order chi connectivity index (χ0) is 22.4. The molecule has 0 saturated carbocycles. The molecule has 0 aliphatic carbocycles. The maximum absolute atomic E-state index is 13.0. The molecule has 6 nitrogen and oxygen atoms in total. The van der Waals surface area contributed by atoms with Crippen molar-refractivity contribution in [3.05, 3.63) is 90.5 Å². The van der Waals surface area contributed by atoms with Crippen LogP contribution in [0.1, 0.15) is 12.5 Å². The van der Waals surface area contributed by atoms with Gasteiger partial charge in [0, 0.05) is 13.6 Å². The summed E-state index contributed by atoms with van der Waals surface area (Å²) < 4.78 is 32.0. The van der Waals surface area contributed by atoms with E-state index in [4.69, 9.17) is 4.74 Å². The summed E-state index contributed by atoms with van der Waals surface area (Å²) in [4.78, 5) is 14.5. The zero-order valence-corrected chi connectivity index (χ0v) is 18.6. The maximum atomic E-state index is 13.0. The van der Waals surface area contributed by atoms with Gasteiger partial charge in [-0.15, -0.1) is 0 Å². The third kappa shape index (κ3) is 5.86. The Balaban J connectivity index is 1.78. The number of sulfonamides is 1. The average molecular weight is 439 g/mol. The van der Waals surface area contributed by atoms with E-state index in [1.165, 1.54) is 4.90 Å². The molecule has 0 aliphatic rings. The largest absolute Gasteiger partial charge is 0.457 e. The third-order valence-electron chi connectivity index (χ3n) is 4.78. The Morgan fingerprint density at radius 3 is 1.94 bits per heavy atom. The van der Waals surface area contributed by atoms with E-state index in [1.807, 2.05) is 60.7 Å². The summed E-state index contributed by atoms with van der Waals surface area (Å²) >= 11 is 0. The van der Waals surface area contributed by atoms with Gasteiger partial charge in [0.1, 0.15) is 17.5 Å². The zero-order valence-electron chi connectivity index (χ0n) is 17.8. The molecule has 31 heavy (non-hydrogen) atoms. The van der Waals surface area contributed by atoms with E-state index >= 15 is 0 Å². The summed E-state index contributed by atoms with van der Waals surface area (Å²) in [6.45, 7) is 1.99. The maximum Gasteiger partial charge on any atom is 0.246 e. The van der Waals surface area contributed by atoms with Crippen molar-refractivity contribution in [3.8, 4) is 11.5 Å². The third-order valence-corrected chi connectivity index (χ3v) is 6.02. The molecule has 1 amide bonds. The van der Waals surface area contributed by atoms with Gasteiger partial charge in [0.25, 0.3) is 0 Å². The van der Waals surface area contributed by atoms with E-state index in [9.17, 15) is 13.2 Å². The van der Waals surface area contributed by atoms with Crippen LogP contribution in [0.15, 0.2) is 84.9 Å². The molecule has 0 saturated heterocycles. The van der Waals surface area contributed by atoms with Gasteiger partial charge in [0.05, 0.1) is 11.9 Å². The van der Waals surface area contributed by atoms with E-state index in [2.05, 4.69) is 0 Å². The Labute approximate surface area is 183 Å². The molecule has 0 heterocycles. The number of ether oxygens (including phenoxy) is 1. The number of para-hydroxylation sites is 1. The quantitative estimate of drug-likeness (QED) is 0.526. The van der Waals surface area contributed by atoms with Crippen molar-refractivity contribution in [1.29, 1.82) is 0 Å². The lowest BCUT2D eigenvalue weighted by molar-refractivity contribution is -0.131. The number of likely N-dealkylation sites (N-methyl/N-ethyl adjacent to an activating group) is 1. The van der Waals surface area contributed by atoms with E-state index < -0.39 is 16.1 Å². The molecule has 0 fully saturated rings. The molecule has 0 aliphatic heterocycles. The van der Waals surface area contributed by atoms with Crippen LogP contribution in [-0.2, 0) is 21.4 Å². The fourth-order valence-corrected chi connectivity index (χ4v) is 4.51. The topological polar surface area (TPSA) is 66.9 Å². The van der Waals surface area contributed by atoms with Crippen molar-refractivity contribution >= 4 is 21.6 Å². The molecule has 0 spiro atoms. The van der Waals surface area contributed by atoms with E-state index in [0.29, 0.717) is 23.7 Å². The second kappa shape index (κ2) is 9.66. The average Bonchev–Trinajstić information content (AvgIpc) is 2.75. The summed E-state index contributed by atoms with van der Waals surface area (Å²) in [7, 11) is -2.03. The molecule has 3 aromatic rings. The smallest absolute Gasteiger partial charge is 0.246 e. The molecule has 0 aromatic heterocycles. The van der Waals surface area contributed by atoms with Crippen molar-refractivity contribution in [3.63, 3.8) is 0 Å². The van der Waals surface area contributed by atoms with Gasteiger partial charge in [-0.1, -0.05) is 48.5 Å². The number of hydrogen-bond acceptors (Lipinski definition) is 4. The Morgan fingerprint density at radius 1 is 0.871 bits per heavy atom. The van der Waals surface area contributed by atoms with E-state index in [-0.39, 0.29) is 5.91 Å². The molecule has 7 heteroatoms. The van der Waals surface area contributed by atoms with Crippen molar-refractivity contribution in [2.24, 2.45) is 0 Å². The van der Waals surface area contributed by atoms with Crippen LogP contribution in [0, 0.1) is 0 Å². The lowest BCUT2D eigenvalue weighted by atomic mass is 10.2. The molecule has 162 valence electrons. The van der Waals surface area contributed by atoms with Crippen LogP contribution in [-0.4, -0.2) is 38.6 Å². The molecule has 1 atom stereocenters. The number of carbonyl (C=O) groups is 1. The first-order chi connectivity index (χ1) is 14.8. The lowest BCUT2D eigenvalue weighted by Crippen LogP contribution is -2.48. The summed E-state index contributed by atoms with van der Waals surface area (Å²) in [6, 6.07) is 24.6. The van der Waals surface area contributed by atoms with Gasteiger partial charge in [-0.2, -0.15) is 0 Å². The highest BCUT2D eigenvalue weighted by Crippen LogP contribution is 2.27. The van der Waals surface area contributed by atoms with Crippen LogP contribution in [0.5, 0.6) is 11.5 Å². The Kier molecular flexibility index (Phi) is 6.97. The van der Waals surface area contributed by atoms with Crippen LogP contribution in [0.4, 0.5) is 5.69 Å². The Morgan fingerprint density at radius 2 is 1.39 bits per heavy atom. The van der Waals surface area contributed by atoms with Gasteiger partial charge in [0.15, 0.2) is 0 Å². The number of benzene rings is 3. The van der Waals surface area contributed by atoms with E-state index in [0.717, 1.165) is 16.1 Å². The fourth-order valence-electron chi connectivity index (χ4n) is 3.34. The predicted molar refractivity (Wildman–Crippen MR) is 123 cm³/mol. The Bertz CT molecular complexity index is 1100. The minimum atomic E-state index is -3.70. The van der Waals surface area contributed by atoms with Crippen LogP contribution >= 0.6 is 0 Å². The van der Waals surface area contributed by atoms with Gasteiger partial charge < -0.3 is 9.64 Å². The molecule has 0 radical (unpaired) electrons. The van der Waals surface area contributed by atoms with E-state index in [1.54, 1.807) is 38.2 Å². The summed E-state index contributed by atoms with van der Waals surface area (Å²) in [6.07, 6.45) is 1.10. The van der Waals surface area contributed by atoms with Gasteiger partial charge in [-0.05, 0) is 48.9 Å². The lowest BCUT2D eigenvalue weighted by Gasteiger charge is -2.31.